The van der Waals surface area contributed by atoms with Crippen molar-refractivity contribution in [2.75, 3.05) is 93.6 Å². The molecule has 0 radical (unpaired) electrons. The Morgan fingerprint density at radius 1 is 0.468 bits per heavy atom. The van der Waals surface area contributed by atoms with Crippen molar-refractivity contribution in [2.45, 2.75) is 227 Å². The van der Waals surface area contributed by atoms with Crippen LogP contribution in [0.3, 0.4) is 0 Å². The number of morpholine rings is 1. The Kier molecular flexibility index (Phi) is 36.3. The minimum atomic E-state index is 0.106. The van der Waals surface area contributed by atoms with Crippen molar-refractivity contribution in [1.82, 2.24) is 20.0 Å². The maximum atomic E-state index is 6.02. The molecule has 4 unspecified atom stereocenters. The lowest BCUT2D eigenvalue weighted by Crippen LogP contribution is -2.43. The van der Waals surface area contributed by atoms with E-state index in [1.165, 1.54) is 167 Å². The van der Waals surface area contributed by atoms with Crippen LogP contribution in [0.1, 0.15) is 201 Å². The predicted molar refractivity (Wildman–Crippen MR) is 401 cm³/mol. The van der Waals surface area contributed by atoms with Gasteiger partial charge in [0.15, 0.2) is 0 Å². The van der Waals surface area contributed by atoms with Gasteiger partial charge in [0.25, 0.3) is 0 Å². The number of piperidine rings is 2. The third-order valence-electron chi connectivity index (χ3n) is 20.2. The van der Waals surface area contributed by atoms with E-state index >= 15 is 0 Å². The monoisotopic (exact) mass is 1310 g/mol. The number of halogens is 1. The van der Waals surface area contributed by atoms with Crippen molar-refractivity contribution in [3.63, 3.8) is 0 Å². The molecule has 4 aliphatic heterocycles. The zero-order chi connectivity index (χ0) is 67.5. The highest BCUT2D eigenvalue weighted by molar-refractivity contribution is 6.30. The number of nitrogens with one attached hydrogen (secondary N) is 1. The fraction of sp³-hybridized carbons (Fsp3) is 0.619. The van der Waals surface area contributed by atoms with Crippen LogP contribution in [0.5, 0.6) is 17.2 Å². The van der Waals surface area contributed by atoms with Crippen LogP contribution in [-0.4, -0.2) is 132 Å². The maximum absolute atomic E-state index is 6.02. The molecule has 94 heavy (non-hydrogen) atoms. The lowest BCUT2D eigenvalue weighted by atomic mass is 9.75. The van der Waals surface area contributed by atoms with E-state index in [1.807, 2.05) is 24.3 Å². The average Bonchev–Trinajstić information content (AvgIpc) is 1.14. The van der Waals surface area contributed by atoms with Crippen LogP contribution in [-0.2, 0) is 34.2 Å². The van der Waals surface area contributed by atoms with Crippen LogP contribution >= 0.6 is 11.6 Å². The molecule has 0 spiro atoms. The van der Waals surface area contributed by atoms with Gasteiger partial charge in [-0.25, -0.2) is 0 Å². The Labute approximate surface area is 578 Å². The van der Waals surface area contributed by atoms with Crippen LogP contribution in [0.2, 0.25) is 5.02 Å². The topological polar surface area (TPSA) is 67.9 Å². The van der Waals surface area contributed by atoms with E-state index in [0.717, 1.165) is 118 Å². The quantitative estimate of drug-likeness (QED) is 0.0588. The first-order valence-corrected chi connectivity index (χ1v) is 37.1. The van der Waals surface area contributed by atoms with Crippen molar-refractivity contribution >= 4 is 11.6 Å². The van der Waals surface area contributed by atoms with Crippen molar-refractivity contribution in [3.8, 4) is 17.2 Å². The molecular weight excluding hydrogens is 1180 g/mol. The third-order valence-corrected chi connectivity index (χ3v) is 20.4. The van der Waals surface area contributed by atoms with Gasteiger partial charge in [0, 0.05) is 55.5 Å². The summed E-state index contributed by atoms with van der Waals surface area (Å²) in [6.45, 7) is 34.2. The van der Waals surface area contributed by atoms with Gasteiger partial charge in [-0.15, -0.1) is 0 Å². The third kappa shape index (κ3) is 30.0. The van der Waals surface area contributed by atoms with Gasteiger partial charge in [-0.2, -0.15) is 0 Å². The zero-order valence-electron chi connectivity index (χ0n) is 61.3. The molecule has 9 rings (SSSR count). The zero-order valence-corrected chi connectivity index (χ0v) is 62.0. The summed E-state index contributed by atoms with van der Waals surface area (Å²) in [4.78, 5) is 7.96. The lowest BCUT2D eigenvalue weighted by Gasteiger charge is -2.40. The van der Waals surface area contributed by atoms with E-state index in [9.17, 15) is 0 Å². The molecule has 5 fully saturated rings. The minimum absolute atomic E-state index is 0.106. The molecule has 0 aromatic heterocycles. The van der Waals surface area contributed by atoms with Gasteiger partial charge in [-0.05, 0) is 272 Å². The summed E-state index contributed by atoms with van der Waals surface area (Å²) in [5.74, 6) is 5.62. The Morgan fingerprint density at radius 3 is 1.29 bits per heavy atom. The highest BCUT2D eigenvalue weighted by Gasteiger charge is 2.30. The molecule has 1 aliphatic carbocycles. The van der Waals surface area contributed by atoms with Gasteiger partial charge in [-0.3, -0.25) is 14.7 Å². The average molecular weight is 1310 g/mol. The Bertz CT molecular complexity index is 2680. The van der Waals surface area contributed by atoms with E-state index in [0.29, 0.717) is 24.2 Å². The summed E-state index contributed by atoms with van der Waals surface area (Å²) in [5.41, 5.74) is 11.3. The van der Waals surface area contributed by atoms with Crippen LogP contribution in [0.15, 0.2) is 144 Å². The number of ether oxygens (including phenoxy) is 5. The van der Waals surface area contributed by atoms with Gasteiger partial charge in [0.1, 0.15) is 17.2 Å². The first-order valence-electron chi connectivity index (χ1n) is 36.8. The fourth-order valence-electron chi connectivity index (χ4n) is 14.7. The second kappa shape index (κ2) is 43.5. The summed E-state index contributed by atoms with van der Waals surface area (Å²) >= 11 is 6.02. The number of rotatable bonds is 27. The summed E-state index contributed by atoms with van der Waals surface area (Å²) in [7, 11) is 5.14. The van der Waals surface area contributed by atoms with E-state index < -0.39 is 0 Å². The number of nitrogens with zero attached hydrogens (tertiary/aromatic N) is 3. The van der Waals surface area contributed by atoms with Gasteiger partial charge >= 0.3 is 0 Å². The molecule has 10 heteroatoms. The molecule has 1 N–H and O–H groups in total. The van der Waals surface area contributed by atoms with Crippen LogP contribution in [0.4, 0.5) is 0 Å². The number of methoxy groups -OCH3 is 3. The van der Waals surface area contributed by atoms with E-state index in [2.05, 4.69) is 186 Å². The number of hydrogen-bond acceptors (Lipinski definition) is 9. The predicted octanol–water partition coefficient (Wildman–Crippen LogP) is 19.7. The summed E-state index contributed by atoms with van der Waals surface area (Å²) < 4.78 is 26.7. The second-order valence-electron chi connectivity index (χ2n) is 29.4. The first-order chi connectivity index (χ1) is 45.4. The smallest absolute Gasteiger partial charge is 0.118 e. The summed E-state index contributed by atoms with van der Waals surface area (Å²) in [6, 6.07) is 35.9. The molecule has 1 saturated carbocycles. The number of hydrogen-bond donors (Lipinski definition) is 1. The molecule has 4 saturated heterocycles. The number of likely N-dealkylation sites (tertiary alicyclic amines) is 2. The second-order valence-corrected chi connectivity index (χ2v) is 29.8. The maximum Gasteiger partial charge on any atom is 0.118 e. The number of allylic oxidation sites excluding steroid dienone is 4. The first kappa shape index (κ1) is 78.3. The highest BCUT2D eigenvalue weighted by Crippen LogP contribution is 2.37. The molecule has 4 atom stereocenters. The SMILES string of the molecule is CC(C)=CC(CCc1ccc(Cl)cc1)N1CCC(C2CCCCC2)CC1.COc1ccc(C(C)(C)CC(C=C(C)C)NCCC2CCOCC2)cc1.COc1ccc(CCC(C=C(C)C)N2CCCCC2)cc1.COc1ccc(CCC(C=C(C)C)N2CCOCC2)cc1. The van der Waals surface area contributed by atoms with Crippen molar-refractivity contribution < 1.29 is 23.7 Å². The summed E-state index contributed by atoms with van der Waals surface area (Å²) in [5, 5.41) is 4.64. The van der Waals surface area contributed by atoms with Gasteiger partial charge in [0.2, 0.25) is 0 Å². The summed E-state index contributed by atoms with van der Waals surface area (Å²) in [6.07, 6.45) is 35.8. The minimum Gasteiger partial charge on any atom is -0.497 e. The highest BCUT2D eigenvalue weighted by atomic mass is 35.5. The number of benzene rings is 4. The normalized spacial score (nSPS) is 18.4. The fourth-order valence-corrected chi connectivity index (χ4v) is 14.9. The van der Waals surface area contributed by atoms with Crippen LogP contribution in [0.25, 0.3) is 0 Å². The van der Waals surface area contributed by atoms with Crippen molar-refractivity contribution in [3.05, 3.63) is 171 Å². The lowest BCUT2D eigenvalue weighted by molar-refractivity contribution is 0.0241. The van der Waals surface area contributed by atoms with E-state index in [-0.39, 0.29) is 5.41 Å². The molecule has 4 aromatic carbocycles. The Morgan fingerprint density at radius 2 is 0.851 bits per heavy atom. The molecule has 4 aromatic rings. The van der Waals surface area contributed by atoms with E-state index in [1.54, 1.807) is 21.3 Å². The molecule has 4 heterocycles. The van der Waals surface area contributed by atoms with Crippen molar-refractivity contribution in [2.24, 2.45) is 17.8 Å². The van der Waals surface area contributed by atoms with Gasteiger partial charge < -0.3 is 29.0 Å². The molecule has 5 aliphatic rings. The van der Waals surface area contributed by atoms with Crippen LogP contribution in [0, 0.1) is 17.8 Å². The molecule has 522 valence electrons. The van der Waals surface area contributed by atoms with Gasteiger partial charge in [0.05, 0.1) is 34.5 Å². The van der Waals surface area contributed by atoms with Crippen LogP contribution < -0.4 is 19.5 Å². The molecule has 0 amide bonds. The largest absolute Gasteiger partial charge is 0.497 e. The molecular formula is C84H129ClN4O5. The number of aryl methyl sites for hydroxylation is 3. The molecule has 0 bridgehead atoms. The van der Waals surface area contributed by atoms with Gasteiger partial charge in [-0.1, -0.05) is 159 Å². The van der Waals surface area contributed by atoms with Crippen molar-refractivity contribution in [1.29, 1.82) is 0 Å². The Hall–Kier alpha value is -4.71. The standard InChI is InChI=1S/C24H36ClN.C23H37NO2.C19H29NO.C18H27NO2/c1-19(2)18-24(13-10-20-8-11-23(25)12-9-20)26-16-14-22(15-17-26)21-6-4-3-5-7-21;1-18(2)16-21(24-13-10-19-11-14-26-15-12-19)17-23(3,4)20-6-8-22(25-5)9-7-20;1-16(2)15-18(20-13-5-4-6-14-20)10-7-17-8-11-19(21-3)12-9-17;1-15(2)14-17(19-10-12-21-13-11-19)7-4-16-5-8-18(20-3)9-6-16/h8-9,11-12,18,21-22,24H,3-7,10,13-17H2,1-2H3;6-9,16,19,21,24H,10-15,17H2,1-5H3;8-9,11-12,15,18H,4-7,10,13-14H2,1-3H3;5-6,8-9,14,17H,4,7,10-13H2,1-3H3. The molecule has 9 nitrogen and oxygen atoms in total. The Balaban J connectivity index is 0.000000200. The van der Waals surface area contributed by atoms with E-state index in [4.69, 9.17) is 35.3 Å².